The molecule has 0 radical (unpaired) electrons. The number of rotatable bonds is 5. The summed E-state index contributed by atoms with van der Waals surface area (Å²) in [5, 5.41) is 12.3. The second-order valence-corrected chi connectivity index (χ2v) is 8.14. The average molecular weight is 419 g/mol. The number of likely N-dealkylation sites (tertiary alicyclic amines) is 1. The summed E-state index contributed by atoms with van der Waals surface area (Å²) in [6.07, 6.45) is 6.70. The molecule has 0 amide bonds. The maximum atomic E-state index is 6.29. The number of hydrogen-bond donors (Lipinski definition) is 1. The van der Waals surface area contributed by atoms with E-state index in [1.165, 1.54) is 0 Å². The first-order chi connectivity index (χ1) is 15.0. The van der Waals surface area contributed by atoms with Gasteiger partial charge in [-0.3, -0.25) is 9.67 Å². The molecule has 5 rings (SSSR count). The normalized spacial score (nSPS) is 16.8. The van der Waals surface area contributed by atoms with Gasteiger partial charge in [0.05, 0.1) is 29.3 Å². The largest absolute Gasteiger partial charge is 0.485 e. The highest BCUT2D eigenvalue weighted by Gasteiger charge is 2.23. The van der Waals surface area contributed by atoms with Crippen LogP contribution in [-0.4, -0.2) is 60.5 Å². The molecule has 0 bridgehead atoms. The zero-order chi connectivity index (χ0) is 21.5. The molecular formula is C22H26N8O. The summed E-state index contributed by atoms with van der Waals surface area (Å²) in [5.41, 5.74) is 4.78. The molecule has 160 valence electrons. The van der Waals surface area contributed by atoms with Crippen molar-refractivity contribution < 1.29 is 4.74 Å². The monoisotopic (exact) mass is 418 g/mol. The number of nitrogens with one attached hydrogen (secondary N) is 1. The van der Waals surface area contributed by atoms with E-state index in [1.807, 2.05) is 48.4 Å². The van der Waals surface area contributed by atoms with E-state index in [2.05, 4.69) is 43.5 Å². The van der Waals surface area contributed by atoms with Crippen LogP contribution < -0.4 is 10.1 Å². The van der Waals surface area contributed by atoms with Crippen molar-refractivity contribution in [1.29, 1.82) is 0 Å². The molecule has 0 spiro atoms. The molecule has 1 atom stereocenters. The Morgan fingerprint density at radius 1 is 1.10 bits per heavy atom. The van der Waals surface area contributed by atoms with E-state index >= 15 is 0 Å². The molecule has 0 aromatic carbocycles. The lowest BCUT2D eigenvalue weighted by Crippen LogP contribution is -2.21. The van der Waals surface area contributed by atoms with E-state index in [0.29, 0.717) is 11.6 Å². The van der Waals surface area contributed by atoms with Gasteiger partial charge in [-0.15, -0.1) is 0 Å². The topological polar surface area (TPSA) is 85.4 Å². The van der Waals surface area contributed by atoms with Gasteiger partial charge in [0, 0.05) is 38.0 Å². The van der Waals surface area contributed by atoms with Crippen molar-refractivity contribution in [3.63, 3.8) is 0 Å². The van der Waals surface area contributed by atoms with Crippen molar-refractivity contribution in [2.75, 3.05) is 25.5 Å². The zero-order valence-electron chi connectivity index (χ0n) is 18.2. The molecule has 5 heterocycles. The van der Waals surface area contributed by atoms with Crippen molar-refractivity contribution in [2.45, 2.75) is 26.4 Å². The fourth-order valence-electron chi connectivity index (χ4n) is 3.94. The summed E-state index contributed by atoms with van der Waals surface area (Å²) in [6.45, 7) is 5.88. The molecule has 4 aromatic rings. The molecular weight excluding hydrogens is 392 g/mol. The Bertz CT molecular complexity index is 1240. The number of nitrogens with zero attached hydrogens (tertiary/aromatic N) is 7. The number of ether oxygens (including phenoxy) is 1. The van der Waals surface area contributed by atoms with Crippen LogP contribution in [0.2, 0.25) is 0 Å². The van der Waals surface area contributed by atoms with Crippen molar-refractivity contribution in [3.05, 3.63) is 48.2 Å². The second kappa shape index (κ2) is 7.66. The molecule has 1 aliphatic rings. The van der Waals surface area contributed by atoms with Crippen molar-refractivity contribution in [2.24, 2.45) is 7.05 Å². The van der Waals surface area contributed by atoms with E-state index in [1.54, 1.807) is 12.4 Å². The Morgan fingerprint density at radius 3 is 2.74 bits per heavy atom. The minimum atomic E-state index is 0.196. The van der Waals surface area contributed by atoms with Crippen molar-refractivity contribution in [1.82, 2.24) is 34.3 Å². The smallest absolute Gasteiger partial charge is 0.165 e. The maximum absolute atomic E-state index is 6.29. The molecule has 0 unspecified atom stereocenters. The Morgan fingerprint density at radius 2 is 1.97 bits per heavy atom. The summed E-state index contributed by atoms with van der Waals surface area (Å²) >= 11 is 0. The van der Waals surface area contributed by atoms with Gasteiger partial charge in [-0.1, -0.05) is 0 Å². The molecule has 1 aliphatic heterocycles. The van der Waals surface area contributed by atoms with Gasteiger partial charge in [0.1, 0.15) is 17.6 Å². The van der Waals surface area contributed by atoms with E-state index in [0.717, 1.165) is 53.4 Å². The van der Waals surface area contributed by atoms with Crippen LogP contribution in [0.25, 0.3) is 16.8 Å². The van der Waals surface area contributed by atoms with E-state index in [9.17, 15) is 0 Å². The third kappa shape index (κ3) is 3.84. The Kier molecular flexibility index (Phi) is 4.82. The number of hydrogen-bond acceptors (Lipinski definition) is 7. The SMILES string of the molecule is Cc1ncc(Nc2cc3cc(-c4c(O[C@H]5CCN(C)C5)cnn4C)ccn3n2)nc1C. The van der Waals surface area contributed by atoms with Crippen molar-refractivity contribution >= 4 is 17.2 Å². The van der Waals surface area contributed by atoms with E-state index in [-0.39, 0.29) is 6.10 Å². The fraction of sp³-hybridized carbons (Fsp3) is 0.364. The zero-order valence-corrected chi connectivity index (χ0v) is 18.2. The van der Waals surface area contributed by atoms with Crippen LogP contribution in [0.15, 0.2) is 36.8 Å². The highest BCUT2D eigenvalue weighted by Crippen LogP contribution is 2.32. The van der Waals surface area contributed by atoms with Crippen LogP contribution in [0.4, 0.5) is 11.6 Å². The number of pyridine rings is 1. The van der Waals surface area contributed by atoms with Gasteiger partial charge in [-0.05, 0) is 39.4 Å². The molecule has 9 heteroatoms. The van der Waals surface area contributed by atoms with Crippen LogP contribution in [0, 0.1) is 13.8 Å². The first kappa shape index (κ1) is 19.5. The van der Waals surface area contributed by atoms with E-state index in [4.69, 9.17) is 4.74 Å². The number of aryl methyl sites for hydroxylation is 3. The molecule has 1 N–H and O–H groups in total. The van der Waals surface area contributed by atoms with Crippen LogP contribution in [0.5, 0.6) is 5.75 Å². The van der Waals surface area contributed by atoms with Crippen LogP contribution in [0.1, 0.15) is 17.8 Å². The lowest BCUT2D eigenvalue weighted by molar-refractivity contribution is 0.209. The van der Waals surface area contributed by atoms with Crippen LogP contribution in [-0.2, 0) is 7.05 Å². The summed E-state index contributed by atoms with van der Waals surface area (Å²) in [7, 11) is 4.06. The lowest BCUT2D eigenvalue weighted by atomic mass is 10.1. The van der Waals surface area contributed by atoms with Gasteiger partial charge in [-0.2, -0.15) is 10.2 Å². The predicted octanol–water partition coefficient (Wildman–Crippen LogP) is 2.97. The van der Waals surface area contributed by atoms with Gasteiger partial charge < -0.3 is 15.0 Å². The van der Waals surface area contributed by atoms with Gasteiger partial charge in [-0.25, -0.2) is 9.50 Å². The molecule has 31 heavy (non-hydrogen) atoms. The quantitative estimate of drug-likeness (QED) is 0.533. The molecule has 0 saturated carbocycles. The lowest BCUT2D eigenvalue weighted by Gasteiger charge is -2.14. The Balaban J connectivity index is 1.43. The molecule has 1 saturated heterocycles. The number of likely N-dealkylation sites (N-methyl/N-ethyl adjacent to an activating group) is 1. The van der Waals surface area contributed by atoms with E-state index < -0.39 is 0 Å². The third-order valence-corrected chi connectivity index (χ3v) is 5.73. The van der Waals surface area contributed by atoms with Crippen molar-refractivity contribution in [3.8, 4) is 17.0 Å². The van der Waals surface area contributed by atoms with Crippen LogP contribution in [0.3, 0.4) is 0 Å². The average Bonchev–Trinajstić information content (AvgIpc) is 3.43. The summed E-state index contributed by atoms with van der Waals surface area (Å²) < 4.78 is 9.99. The van der Waals surface area contributed by atoms with Crippen LogP contribution >= 0.6 is 0 Å². The Labute approximate surface area is 180 Å². The first-order valence-electron chi connectivity index (χ1n) is 10.4. The van der Waals surface area contributed by atoms with Gasteiger partial charge >= 0.3 is 0 Å². The minimum absolute atomic E-state index is 0.196. The highest BCUT2D eigenvalue weighted by atomic mass is 16.5. The molecule has 9 nitrogen and oxygen atoms in total. The Hall–Kier alpha value is -3.46. The minimum Gasteiger partial charge on any atom is -0.485 e. The molecule has 1 fully saturated rings. The highest BCUT2D eigenvalue weighted by molar-refractivity contribution is 5.72. The fourth-order valence-corrected chi connectivity index (χ4v) is 3.94. The number of anilines is 2. The van der Waals surface area contributed by atoms with Gasteiger partial charge in [0.15, 0.2) is 11.6 Å². The molecule has 4 aromatic heterocycles. The molecule has 0 aliphatic carbocycles. The van der Waals surface area contributed by atoms with Gasteiger partial charge in [0.2, 0.25) is 0 Å². The maximum Gasteiger partial charge on any atom is 0.165 e. The number of aromatic nitrogens is 6. The third-order valence-electron chi connectivity index (χ3n) is 5.73. The first-order valence-corrected chi connectivity index (χ1v) is 10.4. The summed E-state index contributed by atoms with van der Waals surface area (Å²) in [6, 6.07) is 6.11. The summed E-state index contributed by atoms with van der Waals surface area (Å²) in [5.74, 6) is 2.20. The van der Waals surface area contributed by atoms with Gasteiger partial charge in [0.25, 0.3) is 0 Å². The predicted molar refractivity (Wildman–Crippen MR) is 119 cm³/mol. The standard InChI is InChI=1S/C22H26N8O/c1-14-15(2)25-21(12-23-14)26-20-10-17-9-16(5-8-30(17)27-20)22-19(11-24-29(22)4)31-18-6-7-28(3)13-18/h5,8-12,18H,6-7,13H2,1-4H3,(H,25,26,27)/t18-/m0/s1. The number of fused-ring (bicyclic) bond motifs is 1. The second-order valence-electron chi connectivity index (χ2n) is 8.14. The summed E-state index contributed by atoms with van der Waals surface area (Å²) in [4.78, 5) is 11.2.